The van der Waals surface area contributed by atoms with Gasteiger partial charge in [0.25, 0.3) is 5.56 Å². The molecule has 2 aliphatic heterocycles. The molecule has 3 aromatic heterocycles. The van der Waals surface area contributed by atoms with Crippen LogP contribution in [0, 0.1) is 5.41 Å². The van der Waals surface area contributed by atoms with E-state index in [0.29, 0.717) is 55.5 Å². The summed E-state index contributed by atoms with van der Waals surface area (Å²) >= 11 is 0. The molecule has 11 heteroatoms. The average Bonchev–Trinajstić information content (AvgIpc) is 3.79. The molecule has 0 N–H and O–H groups in total. The Labute approximate surface area is 275 Å². The molecule has 6 rings (SSSR count). The van der Waals surface area contributed by atoms with E-state index >= 15 is 0 Å². The summed E-state index contributed by atoms with van der Waals surface area (Å²) in [6, 6.07) is 13.5. The minimum atomic E-state index is -1.16. The summed E-state index contributed by atoms with van der Waals surface area (Å²) in [5.41, 5.74) is 1.61. The van der Waals surface area contributed by atoms with E-state index in [2.05, 4.69) is 26.9 Å². The molecule has 47 heavy (non-hydrogen) atoms. The van der Waals surface area contributed by atoms with Gasteiger partial charge in [-0.3, -0.25) is 19.3 Å². The third kappa shape index (κ3) is 6.62. The first kappa shape index (κ1) is 32.3. The van der Waals surface area contributed by atoms with E-state index in [1.165, 1.54) is 18.4 Å². The lowest BCUT2D eigenvalue weighted by Crippen LogP contribution is -2.47. The third-order valence-electron chi connectivity index (χ3n) is 9.31. The van der Waals surface area contributed by atoms with E-state index in [-0.39, 0.29) is 17.4 Å². The fourth-order valence-electron chi connectivity index (χ4n) is 6.57. The van der Waals surface area contributed by atoms with Gasteiger partial charge in [-0.1, -0.05) is 0 Å². The summed E-state index contributed by atoms with van der Waals surface area (Å²) in [4.78, 5) is 52.0. The van der Waals surface area contributed by atoms with Crippen LogP contribution in [0.3, 0.4) is 0 Å². The highest BCUT2D eigenvalue weighted by molar-refractivity contribution is 6.20. The zero-order valence-electron chi connectivity index (χ0n) is 27.8. The van der Waals surface area contributed by atoms with E-state index < -0.39 is 5.41 Å². The maximum atomic E-state index is 13.2. The molecule has 5 heterocycles. The van der Waals surface area contributed by atoms with Gasteiger partial charge in [-0.15, -0.1) is 0 Å². The van der Waals surface area contributed by atoms with Crippen molar-refractivity contribution < 1.29 is 18.7 Å². The van der Waals surface area contributed by atoms with Gasteiger partial charge >= 0.3 is 0 Å². The molecule has 4 aromatic rings. The van der Waals surface area contributed by atoms with Crippen molar-refractivity contribution >= 4 is 40.0 Å². The summed E-state index contributed by atoms with van der Waals surface area (Å²) < 4.78 is 13.3. The summed E-state index contributed by atoms with van der Waals surface area (Å²) in [7, 11) is 1.71. The van der Waals surface area contributed by atoms with Crippen LogP contribution in [0.15, 0.2) is 70.3 Å². The normalized spacial score (nSPS) is 16.3. The Bertz CT molecular complexity index is 1810. The molecule has 0 unspecified atom stereocenters. The standard InChI is InChI=1S/C36H44N6O5/c1-5-42-29-10-9-28(24-30(29)38(4)34(44)36(2,3)35(42)45)46-21-8-15-39(19-20-41-18-12-27-13-22-47-32(27)33(41)43)25-26-11-14-37-31(23-26)40-16-6-7-17-40/h9-14,18,22-24H,5-8,15-17,19-21,25H2,1-4H3. The molecule has 1 fully saturated rings. The molecule has 0 bridgehead atoms. The number of carbonyl (C=O) groups is 2. The number of carbonyl (C=O) groups excluding carboxylic acids is 2. The van der Waals surface area contributed by atoms with Crippen LogP contribution in [-0.2, 0) is 22.7 Å². The summed E-state index contributed by atoms with van der Waals surface area (Å²) in [6.07, 6.45) is 8.38. The SMILES string of the molecule is CCN1C(=O)C(C)(C)C(=O)N(C)c2cc(OCCCN(CCn3ccc4ccoc4c3=O)Cc3ccnc(N4CCCC4)c3)ccc21. The van der Waals surface area contributed by atoms with Gasteiger partial charge in [-0.25, -0.2) is 4.98 Å². The number of rotatable bonds is 12. The molecule has 11 nitrogen and oxygen atoms in total. The molecule has 1 aromatic carbocycles. The van der Waals surface area contributed by atoms with Crippen LogP contribution < -0.4 is 25.0 Å². The van der Waals surface area contributed by atoms with Crippen molar-refractivity contribution in [2.24, 2.45) is 5.41 Å². The van der Waals surface area contributed by atoms with Gasteiger partial charge in [0.1, 0.15) is 17.0 Å². The second-order valence-electron chi connectivity index (χ2n) is 12.9. The summed E-state index contributed by atoms with van der Waals surface area (Å²) in [5, 5.41) is 0.803. The first-order valence-corrected chi connectivity index (χ1v) is 16.5. The van der Waals surface area contributed by atoms with Crippen LogP contribution in [0.1, 0.15) is 45.6 Å². The van der Waals surface area contributed by atoms with Gasteiger partial charge in [-0.2, -0.15) is 0 Å². The number of furan rings is 1. The smallest absolute Gasteiger partial charge is 0.294 e. The fraction of sp³-hybridized carbons (Fsp3) is 0.444. The molecular formula is C36H44N6O5. The summed E-state index contributed by atoms with van der Waals surface area (Å²) in [6.45, 7) is 10.9. The van der Waals surface area contributed by atoms with Crippen LogP contribution in [0.4, 0.5) is 17.2 Å². The molecule has 2 amide bonds. The van der Waals surface area contributed by atoms with E-state index in [1.807, 2.05) is 43.6 Å². The minimum Gasteiger partial charge on any atom is -0.493 e. The van der Waals surface area contributed by atoms with Crippen molar-refractivity contribution in [1.82, 2.24) is 14.5 Å². The Kier molecular flexibility index (Phi) is 9.35. The van der Waals surface area contributed by atoms with Crippen molar-refractivity contribution in [1.29, 1.82) is 0 Å². The quantitative estimate of drug-likeness (QED) is 0.159. The molecule has 0 spiro atoms. The van der Waals surface area contributed by atoms with Crippen molar-refractivity contribution in [3.63, 3.8) is 0 Å². The van der Waals surface area contributed by atoms with E-state index in [4.69, 9.17) is 9.15 Å². The highest BCUT2D eigenvalue weighted by Crippen LogP contribution is 2.40. The number of ether oxygens (including phenoxy) is 1. The zero-order chi connectivity index (χ0) is 33.1. The Morgan fingerprint density at radius 1 is 0.979 bits per heavy atom. The minimum absolute atomic E-state index is 0.130. The van der Waals surface area contributed by atoms with Crippen LogP contribution in [0.2, 0.25) is 0 Å². The molecule has 2 aliphatic rings. The molecule has 0 saturated carbocycles. The maximum Gasteiger partial charge on any atom is 0.294 e. The molecule has 0 atom stereocenters. The first-order valence-electron chi connectivity index (χ1n) is 16.5. The number of hydrogen-bond acceptors (Lipinski definition) is 8. The topological polar surface area (TPSA) is 104 Å². The van der Waals surface area contributed by atoms with Crippen molar-refractivity contribution in [3.05, 3.63) is 77.0 Å². The van der Waals surface area contributed by atoms with E-state index in [1.54, 1.807) is 47.6 Å². The highest BCUT2D eigenvalue weighted by Gasteiger charge is 2.45. The molecule has 0 aliphatic carbocycles. The predicted octanol–water partition coefficient (Wildman–Crippen LogP) is 4.92. The van der Waals surface area contributed by atoms with E-state index in [9.17, 15) is 14.4 Å². The van der Waals surface area contributed by atoms with Gasteiger partial charge in [0.15, 0.2) is 5.58 Å². The van der Waals surface area contributed by atoms with Crippen molar-refractivity contribution in [3.8, 4) is 5.75 Å². The van der Waals surface area contributed by atoms with Crippen LogP contribution in [-0.4, -0.2) is 72.6 Å². The average molecular weight is 641 g/mol. The maximum absolute atomic E-state index is 13.2. The number of pyridine rings is 2. The number of anilines is 3. The number of nitrogens with zero attached hydrogens (tertiary/aromatic N) is 6. The Morgan fingerprint density at radius 3 is 2.57 bits per heavy atom. The highest BCUT2D eigenvalue weighted by atomic mass is 16.5. The van der Waals surface area contributed by atoms with Gasteiger partial charge in [0.2, 0.25) is 11.8 Å². The lowest BCUT2D eigenvalue weighted by molar-refractivity contribution is -0.137. The van der Waals surface area contributed by atoms with Crippen LogP contribution in [0.25, 0.3) is 11.0 Å². The largest absolute Gasteiger partial charge is 0.493 e. The Balaban J connectivity index is 1.14. The zero-order valence-corrected chi connectivity index (χ0v) is 27.8. The molecule has 248 valence electrons. The first-order chi connectivity index (χ1) is 22.7. The lowest BCUT2D eigenvalue weighted by Gasteiger charge is -2.27. The number of hydrogen-bond donors (Lipinski definition) is 0. The number of benzene rings is 1. The van der Waals surface area contributed by atoms with Gasteiger partial charge in [0, 0.05) is 76.7 Å². The van der Waals surface area contributed by atoms with Gasteiger partial charge < -0.3 is 28.4 Å². The molecule has 1 saturated heterocycles. The Hall–Kier alpha value is -4.64. The van der Waals surface area contributed by atoms with Gasteiger partial charge in [0.05, 0.1) is 24.2 Å². The van der Waals surface area contributed by atoms with Crippen molar-refractivity contribution in [2.75, 3.05) is 61.1 Å². The van der Waals surface area contributed by atoms with Crippen LogP contribution in [0.5, 0.6) is 5.75 Å². The predicted molar refractivity (Wildman–Crippen MR) is 183 cm³/mol. The monoisotopic (exact) mass is 640 g/mol. The molecular weight excluding hydrogens is 596 g/mol. The number of aromatic nitrogens is 2. The molecule has 0 radical (unpaired) electrons. The Morgan fingerprint density at radius 2 is 1.79 bits per heavy atom. The van der Waals surface area contributed by atoms with Crippen LogP contribution >= 0.6 is 0 Å². The second-order valence-corrected chi connectivity index (χ2v) is 12.9. The number of fused-ring (bicyclic) bond motifs is 2. The third-order valence-corrected chi connectivity index (χ3v) is 9.31. The van der Waals surface area contributed by atoms with Crippen molar-refractivity contribution in [2.45, 2.75) is 53.1 Å². The fourth-order valence-corrected chi connectivity index (χ4v) is 6.57. The van der Waals surface area contributed by atoms with E-state index in [0.717, 1.165) is 37.3 Å². The summed E-state index contributed by atoms with van der Waals surface area (Å²) in [5.74, 6) is 1.20. The lowest BCUT2D eigenvalue weighted by atomic mass is 9.90. The second kappa shape index (κ2) is 13.6. The van der Waals surface area contributed by atoms with Gasteiger partial charge in [-0.05, 0) is 82.0 Å². The number of amides is 2.